The molecule has 3 N–H and O–H groups in total. The third-order valence-electron chi connectivity index (χ3n) is 4.02. The number of guanidine groups is 1. The predicted octanol–water partition coefficient (Wildman–Crippen LogP) is 1.66. The lowest BCUT2D eigenvalue weighted by Crippen LogP contribution is -2.50. The number of hydrogen-bond donors (Lipinski definition) is 3. The summed E-state index contributed by atoms with van der Waals surface area (Å²) < 4.78 is 31.6. The number of ether oxygens (including phenoxy) is 1. The van der Waals surface area contributed by atoms with Crippen molar-refractivity contribution in [3.05, 3.63) is 41.7 Å². The number of halogens is 2. The number of nitrogens with zero attached hydrogens (tertiary/aromatic N) is 3. The van der Waals surface area contributed by atoms with Crippen molar-refractivity contribution in [2.24, 2.45) is 4.99 Å². The molecule has 1 amide bonds. The lowest BCUT2D eigenvalue weighted by Gasteiger charge is -2.23. The topological polar surface area (TPSA) is 120 Å². The number of aliphatic imine (C=N–C) groups is 1. The Kier molecular flexibility index (Phi) is 5.08. The molecule has 28 heavy (non-hydrogen) atoms. The molecule has 0 bridgehead atoms. The number of nitriles is 1. The molecule has 8 nitrogen and oxygen atoms in total. The van der Waals surface area contributed by atoms with Gasteiger partial charge in [0.05, 0.1) is 37.0 Å². The van der Waals surface area contributed by atoms with E-state index < -0.39 is 30.7 Å². The van der Waals surface area contributed by atoms with Crippen LogP contribution < -0.4 is 15.4 Å². The van der Waals surface area contributed by atoms with Crippen LogP contribution in [0, 0.1) is 11.3 Å². The zero-order chi connectivity index (χ0) is 20.3. The highest BCUT2D eigenvalue weighted by Crippen LogP contribution is 2.37. The first-order valence-corrected chi connectivity index (χ1v) is 8.08. The van der Waals surface area contributed by atoms with E-state index in [1.165, 1.54) is 37.7 Å². The molecule has 0 fully saturated rings. The molecule has 0 spiro atoms. The van der Waals surface area contributed by atoms with Crippen molar-refractivity contribution in [3.8, 4) is 28.7 Å². The first kappa shape index (κ1) is 19.0. The molecule has 2 aromatic rings. The molecule has 0 atom stereocenters. The van der Waals surface area contributed by atoms with Gasteiger partial charge in [0, 0.05) is 17.3 Å². The third-order valence-corrected chi connectivity index (χ3v) is 4.02. The van der Waals surface area contributed by atoms with Gasteiger partial charge in [0.15, 0.2) is 5.96 Å². The molecule has 1 aromatic heterocycles. The monoisotopic (exact) mass is 387 g/mol. The summed E-state index contributed by atoms with van der Waals surface area (Å²) in [6, 6.07) is 6.06. The van der Waals surface area contributed by atoms with Gasteiger partial charge in [-0.3, -0.25) is 15.1 Å². The van der Waals surface area contributed by atoms with Crippen molar-refractivity contribution in [1.29, 1.82) is 5.26 Å². The average Bonchev–Trinajstić information content (AvgIpc) is 2.69. The number of phenols is 1. The molecule has 0 radical (unpaired) electrons. The molecule has 10 heteroatoms. The number of methoxy groups -OCH3 is 1. The Labute approximate surface area is 158 Å². The van der Waals surface area contributed by atoms with Gasteiger partial charge in [-0.25, -0.2) is 13.8 Å². The molecule has 1 aliphatic rings. The molecule has 2 heterocycles. The molecule has 3 rings (SSSR count). The predicted molar refractivity (Wildman–Crippen MR) is 95.3 cm³/mol. The maximum Gasteiger partial charge on any atom is 0.284 e. The Bertz CT molecular complexity index is 1000. The maximum atomic E-state index is 13.2. The summed E-state index contributed by atoms with van der Waals surface area (Å²) in [5.74, 6) is -4.09. The van der Waals surface area contributed by atoms with Gasteiger partial charge in [-0.1, -0.05) is 0 Å². The number of carbonyl (C=O) groups excluding carboxylic acids is 1. The summed E-state index contributed by atoms with van der Waals surface area (Å²) >= 11 is 0. The molecular weight excluding hydrogens is 372 g/mol. The summed E-state index contributed by atoms with van der Waals surface area (Å²) in [5.41, 5.74) is 0.379. The van der Waals surface area contributed by atoms with Gasteiger partial charge < -0.3 is 15.2 Å². The fourth-order valence-electron chi connectivity index (χ4n) is 2.72. The van der Waals surface area contributed by atoms with E-state index in [-0.39, 0.29) is 28.4 Å². The summed E-state index contributed by atoms with van der Waals surface area (Å²) in [6.45, 7) is -1.45. The minimum atomic E-state index is -3.01. The van der Waals surface area contributed by atoms with Crippen molar-refractivity contribution in [2.75, 3.05) is 20.2 Å². The summed E-state index contributed by atoms with van der Waals surface area (Å²) in [4.78, 5) is 20.3. The van der Waals surface area contributed by atoms with Crippen LogP contribution in [0.1, 0.15) is 15.9 Å². The Morgan fingerprint density at radius 3 is 2.86 bits per heavy atom. The molecule has 0 unspecified atom stereocenters. The number of benzene rings is 1. The van der Waals surface area contributed by atoms with Crippen molar-refractivity contribution in [2.45, 2.75) is 5.92 Å². The second kappa shape index (κ2) is 7.48. The normalized spacial score (nSPS) is 15.0. The van der Waals surface area contributed by atoms with Crippen LogP contribution in [0.25, 0.3) is 11.1 Å². The van der Waals surface area contributed by atoms with Gasteiger partial charge in [0.1, 0.15) is 18.0 Å². The Balaban J connectivity index is 2.07. The number of aromatic nitrogens is 1. The van der Waals surface area contributed by atoms with Gasteiger partial charge in [0.2, 0.25) is 0 Å². The van der Waals surface area contributed by atoms with E-state index >= 15 is 0 Å². The van der Waals surface area contributed by atoms with Crippen LogP contribution in [-0.4, -0.2) is 48.1 Å². The van der Waals surface area contributed by atoms with E-state index in [0.717, 1.165) is 0 Å². The molecule has 1 aliphatic heterocycles. The number of alkyl halides is 2. The van der Waals surface area contributed by atoms with Crippen molar-refractivity contribution in [1.82, 2.24) is 15.6 Å². The third kappa shape index (κ3) is 3.68. The van der Waals surface area contributed by atoms with Gasteiger partial charge in [-0.05, 0) is 18.2 Å². The Hall–Kier alpha value is -3.74. The SMILES string of the molecule is COc1cnccc1-c1c(C#N)ccc(O)c1C(=O)NC1=NCC(F)(F)CN1. The van der Waals surface area contributed by atoms with E-state index in [9.17, 15) is 23.9 Å². The average molecular weight is 387 g/mol. The van der Waals surface area contributed by atoms with E-state index in [0.29, 0.717) is 5.56 Å². The van der Waals surface area contributed by atoms with Crippen molar-refractivity contribution in [3.63, 3.8) is 0 Å². The second-order valence-corrected chi connectivity index (χ2v) is 5.90. The number of rotatable bonds is 3. The van der Waals surface area contributed by atoms with Crippen LogP contribution in [0.2, 0.25) is 0 Å². The molecule has 144 valence electrons. The summed E-state index contributed by atoms with van der Waals surface area (Å²) in [5, 5.41) is 24.5. The minimum Gasteiger partial charge on any atom is -0.507 e. The van der Waals surface area contributed by atoms with Gasteiger partial charge >= 0.3 is 0 Å². The molecular formula is C18H15F2N5O3. The van der Waals surface area contributed by atoms with E-state index in [1.54, 1.807) is 0 Å². The molecule has 0 saturated heterocycles. The fraction of sp³-hybridized carbons (Fsp3) is 0.222. The number of nitrogens with one attached hydrogen (secondary N) is 2. The van der Waals surface area contributed by atoms with Crippen LogP contribution >= 0.6 is 0 Å². The van der Waals surface area contributed by atoms with Crippen LogP contribution in [0.3, 0.4) is 0 Å². The molecule has 0 aliphatic carbocycles. The van der Waals surface area contributed by atoms with Crippen LogP contribution in [-0.2, 0) is 0 Å². The first-order chi connectivity index (χ1) is 13.4. The van der Waals surface area contributed by atoms with Crippen LogP contribution in [0.5, 0.6) is 11.5 Å². The smallest absolute Gasteiger partial charge is 0.284 e. The zero-order valence-corrected chi connectivity index (χ0v) is 14.7. The number of carbonyl (C=O) groups is 1. The van der Waals surface area contributed by atoms with E-state index in [1.807, 2.05) is 6.07 Å². The highest BCUT2D eigenvalue weighted by Gasteiger charge is 2.33. The number of aromatic hydroxyl groups is 1. The highest BCUT2D eigenvalue weighted by atomic mass is 19.3. The molecule has 0 saturated carbocycles. The highest BCUT2D eigenvalue weighted by molar-refractivity contribution is 6.12. The lowest BCUT2D eigenvalue weighted by atomic mass is 9.93. The van der Waals surface area contributed by atoms with Crippen molar-refractivity contribution < 1.29 is 23.4 Å². The van der Waals surface area contributed by atoms with Gasteiger partial charge in [0.25, 0.3) is 11.8 Å². The largest absolute Gasteiger partial charge is 0.507 e. The Morgan fingerprint density at radius 2 is 2.21 bits per heavy atom. The Morgan fingerprint density at radius 1 is 1.43 bits per heavy atom. The van der Waals surface area contributed by atoms with Crippen molar-refractivity contribution >= 4 is 11.9 Å². The quantitative estimate of drug-likeness (QED) is 0.737. The number of hydrogen-bond acceptors (Lipinski definition) is 7. The van der Waals surface area contributed by atoms with Gasteiger partial charge in [-0.15, -0.1) is 0 Å². The minimum absolute atomic E-state index is 0.109. The number of phenolic OH excluding ortho intramolecular Hbond substituents is 1. The number of amides is 1. The number of pyridine rings is 1. The summed E-state index contributed by atoms with van der Waals surface area (Å²) in [7, 11) is 1.40. The second-order valence-electron chi connectivity index (χ2n) is 5.90. The van der Waals surface area contributed by atoms with Crippen LogP contribution in [0.4, 0.5) is 8.78 Å². The maximum absolute atomic E-state index is 13.2. The zero-order valence-electron chi connectivity index (χ0n) is 14.7. The van der Waals surface area contributed by atoms with Gasteiger partial charge in [-0.2, -0.15) is 5.26 Å². The summed E-state index contributed by atoms with van der Waals surface area (Å²) in [6.07, 6.45) is 2.84. The van der Waals surface area contributed by atoms with Crippen LogP contribution in [0.15, 0.2) is 35.6 Å². The lowest BCUT2D eigenvalue weighted by molar-refractivity contribution is 0.0120. The molecule has 1 aromatic carbocycles. The van der Waals surface area contributed by atoms with E-state index in [4.69, 9.17) is 4.74 Å². The fourth-order valence-corrected chi connectivity index (χ4v) is 2.72. The van der Waals surface area contributed by atoms with E-state index in [2.05, 4.69) is 20.6 Å². The standard InChI is InChI=1S/C18H15F2N5O3/c1-28-13-7-22-5-4-11(13)14-10(6-21)2-3-12(26)15(14)16(27)25-17-23-8-18(19,20)9-24-17/h2-5,7,26H,8-9H2,1H3,(H2,23,24,25,27). The first-order valence-electron chi connectivity index (χ1n) is 8.08.